The largest absolute Gasteiger partial charge is 0.806 e. The third kappa shape index (κ3) is 11.9. The Bertz CT molecular complexity index is 1100. The molecule has 2 aromatic heterocycles. The lowest BCUT2D eigenvalue weighted by molar-refractivity contribution is -0.613. The predicted octanol–water partition coefficient (Wildman–Crippen LogP) is -1.69. The molecule has 0 bridgehead atoms. The summed E-state index contributed by atoms with van der Waals surface area (Å²) in [5.41, 5.74) is 2.08. The maximum atomic E-state index is 11.6. The maximum absolute atomic E-state index is 11.6. The van der Waals surface area contributed by atoms with E-state index in [2.05, 4.69) is 14.5 Å². The summed E-state index contributed by atoms with van der Waals surface area (Å²) in [7, 11) is 5.81. The number of rotatable bonds is 5. The fraction of sp³-hybridized carbons (Fsp3) is 0.421. The number of hydrogen-bond donors (Lipinski definition) is 1. The number of nitrogens with two attached hydrogens (primary N) is 1. The number of hydrogen-bond acceptors (Lipinski definition) is 8. The van der Waals surface area contributed by atoms with E-state index in [1.54, 1.807) is 24.5 Å². The smallest absolute Gasteiger partial charge is 0.413 e. The first-order valence-electron chi connectivity index (χ1n) is 9.65. The zero-order chi connectivity index (χ0) is 26.7. The summed E-state index contributed by atoms with van der Waals surface area (Å²) in [6.07, 6.45) is 6.50. The Kier molecular flexibility index (Phi) is 12.6. The van der Waals surface area contributed by atoms with Gasteiger partial charge in [0.05, 0.1) is 16.8 Å². The van der Waals surface area contributed by atoms with Crippen LogP contribution in [0.2, 0.25) is 0 Å². The molecule has 2 rings (SSSR count). The first-order valence-corrected chi connectivity index (χ1v) is 12.5. The van der Waals surface area contributed by atoms with E-state index >= 15 is 0 Å². The highest BCUT2D eigenvalue weighted by molar-refractivity contribution is 7.87. The van der Waals surface area contributed by atoms with E-state index in [1.165, 1.54) is 46.3 Å². The number of nitrogens with zero attached hydrogens (tertiary/aromatic N) is 7. The number of anilines is 2. The van der Waals surface area contributed by atoms with E-state index in [0.717, 1.165) is 18.9 Å². The van der Waals surface area contributed by atoms with E-state index in [0.29, 0.717) is 0 Å². The third-order valence-corrected chi connectivity index (χ3v) is 6.22. The molecule has 0 saturated carbocycles. The van der Waals surface area contributed by atoms with Crippen molar-refractivity contribution in [2.75, 3.05) is 66.2 Å². The van der Waals surface area contributed by atoms with E-state index < -0.39 is 26.4 Å². The highest BCUT2D eigenvalue weighted by atomic mass is 32.2. The molecule has 0 atom stereocenters. The molecule has 2 heterocycles. The van der Waals surface area contributed by atoms with E-state index in [-0.39, 0.29) is 0 Å². The SMILES string of the molecule is CN(C)S(N)(=O)=O.CN(C)c1cc[n+](C([O-])=NS(=O)(=O)N(C)C)cc1.CN(C)c1ccncc1. The third-order valence-electron chi connectivity index (χ3n) is 3.89. The standard InChI is InChI=1S/C10H16N4O3S.C7H10N2.C2H8N2O2S/c1-12(2)9-5-7-14(8-6-9)10(15)11-18(16,17)13(3)4;1-9(2)7-3-5-8-6-4-7;1-4(2)7(3,5)6/h5-8H,1-4H3;3-6H,1-2H3;1-2H3,(H2,3,5,6). The van der Waals surface area contributed by atoms with Crippen LogP contribution < -0.4 is 24.6 Å². The zero-order valence-electron chi connectivity index (χ0n) is 20.7. The lowest BCUT2D eigenvalue weighted by Crippen LogP contribution is -2.51. The highest BCUT2D eigenvalue weighted by Crippen LogP contribution is 2.06. The molecular formula is C19H34N8O5S2. The van der Waals surface area contributed by atoms with Crippen molar-refractivity contribution in [2.45, 2.75) is 0 Å². The van der Waals surface area contributed by atoms with Crippen LogP contribution in [0.25, 0.3) is 0 Å². The Balaban J connectivity index is 0.000000563. The first-order chi connectivity index (χ1) is 15.5. The van der Waals surface area contributed by atoms with Crippen molar-refractivity contribution in [2.24, 2.45) is 9.54 Å². The van der Waals surface area contributed by atoms with Crippen molar-refractivity contribution in [1.82, 2.24) is 13.6 Å². The molecule has 2 N–H and O–H groups in total. The average molecular weight is 519 g/mol. The lowest BCUT2D eigenvalue weighted by atomic mass is 10.4. The van der Waals surface area contributed by atoms with Crippen LogP contribution in [-0.2, 0) is 20.4 Å². The fourth-order valence-electron chi connectivity index (χ4n) is 1.71. The second-order valence-electron chi connectivity index (χ2n) is 7.42. The molecule has 0 spiro atoms. The highest BCUT2D eigenvalue weighted by Gasteiger charge is 2.19. The first kappa shape index (κ1) is 31.1. The molecule has 15 heteroatoms. The Labute approximate surface area is 202 Å². The molecule has 192 valence electrons. The van der Waals surface area contributed by atoms with Gasteiger partial charge >= 0.3 is 10.2 Å². The summed E-state index contributed by atoms with van der Waals surface area (Å²) in [6.45, 7) is 0. The van der Waals surface area contributed by atoms with Crippen molar-refractivity contribution in [3.63, 3.8) is 0 Å². The molecule has 0 amide bonds. The van der Waals surface area contributed by atoms with Gasteiger partial charge in [0.25, 0.3) is 16.2 Å². The minimum absolute atomic E-state index is 0.853. The Morgan fingerprint density at radius 3 is 1.50 bits per heavy atom. The van der Waals surface area contributed by atoms with Gasteiger partial charge in [-0.2, -0.15) is 25.4 Å². The van der Waals surface area contributed by atoms with Crippen LogP contribution in [0.1, 0.15) is 0 Å². The molecule has 0 fully saturated rings. The summed E-state index contributed by atoms with van der Waals surface area (Å²) >= 11 is 0. The van der Waals surface area contributed by atoms with Gasteiger partial charge in [-0.05, 0) is 12.1 Å². The molecule has 2 aromatic rings. The van der Waals surface area contributed by atoms with Gasteiger partial charge in [0.15, 0.2) is 0 Å². The monoisotopic (exact) mass is 518 g/mol. The van der Waals surface area contributed by atoms with Gasteiger partial charge in [0, 0.05) is 92.3 Å². The van der Waals surface area contributed by atoms with Crippen molar-refractivity contribution < 1.29 is 26.5 Å². The Hall–Kier alpha value is -2.85. The van der Waals surface area contributed by atoms with Gasteiger partial charge < -0.3 is 14.9 Å². The van der Waals surface area contributed by atoms with Gasteiger partial charge in [-0.15, -0.1) is 0 Å². The molecule has 0 aliphatic carbocycles. The van der Waals surface area contributed by atoms with E-state index in [9.17, 15) is 21.9 Å². The van der Waals surface area contributed by atoms with Gasteiger partial charge in [-0.25, -0.2) is 9.71 Å². The molecule has 0 radical (unpaired) electrons. The molecule has 0 unspecified atom stereocenters. The summed E-state index contributed by atoms with van der Waals surface area (Å²) < 4.78 is 49.0. The molecule has 0 aliphatic heterocycles. The van der Waals surface area contributed by atoms with Crippen LogP contribution >= 0.6 is 0 Å². The molecule has 13 nitrogen and oxygen atoms in total. The van der Waals surface area contributed by atoms with Crippen LogP contribution in [-0.4, -0.2) is 92.8 Å². The summed E-state index contributed by atoms with van der Waals surface area (Å²) in [6, 6.07) is 6.47. The van der Waals surface area contributed by atoms with Crippen LogP contribution in [0, 0.1) is 0 Å². The quantitative estimate of drug-likeness (QED) is 0.279. The Morgan fingerprint density at radius 1 is 0.824 bits per heavy atom. The average Bonchev–Trinajstić information content (AvgIpc) is 2.74. The van der Waals surface area contributed by atoms with Crippen molar-refractivity contribution >= 4 is 37.8 Å². The normalized spacial score (nSPS) is 11.8. The van der Waals surface area contributed by atoms with Crippen molar-refractivity contribution in [1.29, 1.82) is 0 Å². The van der Waals surface area contributed by atoms with Gasteiger partial charge in [-0.1, -0.05) is 0 Å². The molecule has 0 aromatic carbocycles. The van der Waals surface area contributed by atoms with Crippen molar-refractivity contribution in [3.05, 3.63) is 49.1 Å². The van der Waals surface area contributed by atoms with Gasteiger partial charge in [0.2, 0.25) is 0 Å². The Morgan fingerprint density at radius 2 is 1.21 bits per heavy atom. The van der Waals surface area contributed by atoms with Gasteiger partial charge in [0.1, 0.15) is 0 Å². The summed E-state index contributed by atoms with van der Waals surface area (Å²) in [5.74, 6) is 0. The topological polar surface area (TPSA) is 159 Å². The van der Waals surface area contributed by atoms with Crippen LogP contribution in [0.3, 0.4) is 0 Å². The molecule has 0 aliphatic rings. The molecular weight excluding hydrogens is 484 g/mol. The lowest BCUT2D eigenvalue weighted by Gasteiger charge is -2.12. The van der Waals surface area contributed by atoms with Crippen LogP contribution in [0.15, 0.2) is 53.5 Å². The second kappa shape index (κ2) is 13.8. The molecule has 34 heavy (non-hydrogen) atoms. The summed E-state index contributed by atoms with van der Waals surface area (Å²) in [4.78, 5) is 7.81. The second-order valence-corrected chi connectivity index (χ2v) is 11.0. The summed E-state index contributed by atoms with van der Waals surface area (Å²) in [5, 5.41) is 16.2. The minimum atomic E-state index is -3.89. The van der Waals surface area contributed by atoms with Crippen molar-refractivity contribution in [3.8, 4) is 0 Å². The zero-order valence-corrected chi connectivity index (χ0v) is 22.3. The van der Waals surface area contributed by atoms with Crippen LogP contribution in [0.4, 0.5) is 11.4 Å². The van der Waals surface area contributed by atoms with Crippen LogP contribution in [0.5, 0.6) is 0 Å². The predicted molar refractivity (Wildman–Crippen MR) is 132 cm³/mol. The molecule has 0 saturated heterocycles. The fourth-order valence-corrected chi connectivity index (χ4v) is 2.17. The van der Waals surface area contributed by atoms with E-state index in [1.807, 2.05) is 50.1 Å². The van der Waals surface area contributed by atoms with Gasteiger partial charge in [-0.3, -0.25) is 4.98 Å². The minimum Gasteiger partial charge on any atom is -0.806 e. The van der Waals surface area contributed by atoms with E-state index in [4.69, 9.17) is 0 Å². The number of pyridine rings is 2. The maximum Gasteiger partial charge on any atom is 0.413 e. The number of aromatic nitrogens is 2.